The lowest BCUT2D eigenvalue weighted by molar-refractivity contribution is -0.117. The minimum atomic E-state index is -4.25. The fourth-order valence-corrected chi connectivity index (χ4v) is 6.26. The van der Waals surface area contributed by atoms with Gasteiger partial charge in [0, 0.05) is 17.7 Å². The third kappa shape index (κ3) is 4.17. The standard InChI is InChI=1S/C22H30FN3O5S/c1-13-5-4-7-22(2,3)16(13)6-8-24-14-9-15-18(31-12-14)10-17(27)21(20(15)23)26-11-19(28)25-32(26,29)30/h10,14,24,27H,4-9,11-12H2,1-3H3,(H,25,28)/t14-/m0/s1. The van der Waals surface area contributed by atoms with Crippen LogP contribution < -0.4 is 19.1 Å². The van der Waals surface area contributed by atoms with Gasteiger partial charge in [-0.3, -0.25) is 4.79 Å². The summed E-state index contributed by atoms with van der Waals surface area (Å²) in [7, 11) is -4.25. The van der Waals surface area contributed by atoms with Crippen LogP contribution in [0.4, 0.5) is 10.1 Å². The van der Waals surface area contributed by atoms with Gasteiger partial charge < -0.3 is 15.2 Å². The number of benzene rings is 1. The van der Waals surface area contributed by atoms with Gasteiger partial charge in [0.1, 0.15) is 30.3 Å². The van der Waals surface area contributed by atoms with Gasteiger partial charge in [0.2, 0.25) is 0 Å². The number of hydrogen-bond donors (Lipinski definition) is 3. The second kappa shape index (κ2) is 8.22. The molecule has 1 aromatic rings. The molecule has 1 atom stereocenters. The van der Waals surface area contributed by atoms with Gasteiger partial charge in [-0.2, -0.15) is 8.42 Å². The first-order valence-corrected chi connectivity index (χ1v) is 12.4. The number of aromatic hydroxyl groups is 1. The molecule has 0 aromatic heterocycles. The quantitative estimate of drug-likeness (QED) is 0.575. The Morgan fingerprint density at radius 3 is 2.81 bits per heavy atom. The number of allylic oxidation sites excluding steroid dienone is 1. The third-order valence-electron chi connectivity index (χ3n) is 6.73. The number of fused-ring (bicyclic) bond motifs is 1. The molecule has 4 rings (SSSR count). The maximum atomic E-state index is 15.4. The fourth-order valence-electron chi connectivity index (χ4n) is 5.10. The summed E-state index contributed by atoms with van der Waals surface area (Å²) in [5.41, 5.74) is 2.77. The van der Waals surface area contributed by atoms with Crippen LogP contribution in [0.5, 0.6) is 11.5 Å². The zero-order valence-electron chi connectivity index (χ0n) is 18.6. The van der Waals surface area contributed by atoms with Gasteiger partial charge in [0.25, 0.3) is 5.91 Å². The molecule has 3 aliphatic rings. The smallest absolute Gasteiger partial charge is 0.326 e. The number of phenolic OH excluding ortho intramolecular Hbond substituents is 1. The summed E-state index contributed by atoms with van der Waals surface area (Å²) in [6.07, 6.45) is 4.71. The van der Waals surface area contributed by atoms with E-state index in [9.17, 15) is 18.3 Å². The topological polar surface area (TPSA) is 108 Å². The van der Waals surface area contributed by atoms with Crippen molar-refractivity contribution in [2.24, 2.45) is 5.41 Å². The molecule has 1 fully saturated rings. The first-order valence-electron chi connectivity index (χ1n) is 10.9. The number of phenols is 1. The zero-order chi connectivity index (χ0) is 23.3. The first kappa shape index (κ1) is 22.8. The van der Waals surface area contributed by atoms with Crippen LogP contribution in [0.15, 0.2) is 17.2 Å². The Bertz CT molecular complexity index is 1080. The first-order chi connectivity index (χ1) is 15.0. The molecule has 32 heavy (non-hydrogen) atoms. The van der Waals surface area contributed by atoms with Crippen molar-refractivity contribution < 1.29 is 27.4 Å². The SMILES string of the molecule is CC1=C(CCN[C@@H]2COc3cc(O)c(N4CC(=O)NS4(=O)=O)c(F)c3C2)C(C)(C)CCC1. The van der Waals surface area contributed by atoms with E-state index < -0.39 is 39.9 Å². The highest BCUT2D eigenvalue weighted by atomic mass is 32.2. The highest BCUT2D eigenvalue weighted by molar-refractivity contribution is 7.92. The maximum Gasteiger partial charge on any atom is 0.326 e. The van der Waals surface area contributed by atoms with E-state index in [0.717, 1.165) is 19.4 Å². The minimum absolute atomic E-state index is 0.156. The van der Waals surface area contributed by atoms with Gasteiger partial charge >= 0.3 is 10.2 Å². The molecular formula is C22H30FN3O5S. The van der Waals surface area contributed by atoms with E-state index in [4.69, 9.17) is 4.74 Å². The predicted molar refractivity (Wildman–Crippen MR) is 118 cm³/mol. The summed E-state index contributed by atoms with van der Waals surface area (Å²) in [5, 5.41) is 13.7. The average molecular weight is 468 g/mol. The number of rotatable bonds is 5. The van der Waals surface area contributed by atoms with Crippen molar-refractivity contribution in [1.82, 2.24) is 10.0 Å². The summed E-state index contributed by atoms with van der Waals surface area (Å²) >= 11 is 0. The van der Waals surface area contributed by atoms with Crippen molar-refractivity contribution in [2.75, 3.05) is 24.0 Å². The lowest BCUT2D eigenvalue weighted by Crippen LogP contribution is -2.41. The lowest BCUT2D eigenvalue weighted by Gasteiger charge is -2.35. The average Bonchev–Trinajstić information content (AvgIpc) is 2.96. The largest absolute Gasteiger partial charge is 0.505 e. The summed E-state index contributed by atoms with van der Waals surface area (Å²) in [5.74, 6) is -2.08. The molecule has 0 bridgehead atoms. The maximum absolute atomic E-state index is 15.4. The Morgan fingerprint density at radius 2 is 2.16 bits per heavy atom. The highest BCUT2D eigenvalue weighted by Crippen LogP contribution is 2.43. The second-order valence-corrected chi connectivity index (χ2v) is 11.1. The molecule has 0 unspecified atom stereocenters. The van der Waals surface area contributed by atoms with Gasteiger partial charge in [0.15, 0.2) is 5.82 Å². The number of halogens is 1. The molecule has 176 valence electrons. The van der Waals surface area contributed by atoms with Crippen molar-refractivity contribution in [3.05, 3.63) is 28.6 Å². The number of nitrogens with zero attached hydrogens (tertiary/aromatic N) is 1. The van der Waals surface area contributed by atoms with E-state index in [1.54, 1.807) is 4.72 Å². The van der Waals surface area contributed by atoms with E-state index >= 15 is 4.39 Å². The van der Waals surface area contributed by atoms with E-state index in [2.05, 4.69) is 26.1 Å². The number of ether oxygens (including phenoxy) is 1. The Hall–Kier alpha value is -2.33. The molecule has 1 saturated heterocycles. The van der Waals surface area contributed by atoms with Gasteiger partial charge in [-0.15, -0.1) is 0 Å². The molecule has 1 amide bonds. The van der Waals surface area contributed by atoms with E-state index in [1.807, 2.05) is 0 Å². The van der Waals surface area contributed by atoms with Gasteiger partial charge in [0.05, 0.1) is 0 Å². The summed E-state index contributed by atoms with van der Waals surface area (Å²) < 4.78 is 47.7. The normalized spacial score (nSPS) is 24.2. The zero-order valence-corrected chi connectivity index (χ0v) is 19.4. The highest BCUT2D eigenvalue weighted by Gasteiger charge is 2.39. The predicted octanol–water partition coefficient (Wildman–Crippen LogP) is 2.52. The van der Waals surface area contributed by atoms with Crippen LogP contribution in [0.25, 0.3) is 0 Å². The van der Waals surface area contributed by atoms with Gasteiger partial charge in [-0.1, -0.05) is 25.0 Å². The number of carbonyl (C=O) groups excluding carboxylic acids is 1. The number of amides is 1. The Balaban J connectivity index is 1.50. The van der Waals surface area contributed by atoms with Crippen molar-refractivity contribution in [1.29, 1.82) is 0 Å². The molecule has 2 aliphatic heterocycles. The van der Waals surface area contributed by atoms with Crippen LogP contribution in [0.1, 0.15) is 52.0 Å². The molecule has 0 saturated carbocycles. The molecule has 8 nitrogen and oxygen atoms in total. The van der Waals surface area contributed by atoms with Crippen molar-refractivity contribution in [3.8, 4) is 11.5 Å². The Labute approximate surface area is 188 Å². The van der Waals surface area contributed by atoms with Crippen LogP contribution in [-0.2, 0) is 21.4 Å². The van der Waals surface area contributed by atoms with Crippen LogP contribution in [-0.4, -0.2) is 45.2 Å². The molecule has 2 heterocycles. The molecular weight excluding hydrogens is 437 g/mol. The second-order valence-electron chi connectivity index (χ2n) is 9.48. The lowest BCUT2D eigenvalue weighted by atomic mass is 9.71. The summed E-state index contributed by atoms with van der Waals surface area (Å²) in [4.78, 5) is 11.5. The van der Waals surface area contributed by atoms with Crippen molar-refractivity contribution in [2.45, 2.75) is 58.9 Å². The number of hydrogen-bond acceptors (Lipinski definition) is 6. The van der Waals surface area contributed by atoms with Crippen molar-refractivity contribution >= 4 is 21.8 Å². The molecule has 0 radical (unpaired) electrons. The minimum Gasteiger partial charge on any atom is -0.505 e. The van der Waals surface area contributed by atoms with Crippen LogP contribution in [0.3, 0.4) is 0 Å². The Morgan fingerprint density at radius 1 is 1.41 bits per heavy atom. The Kier molecular flexibility index (Phi) is 5.87. The van der Waals surface area contributed by atoms with Crippen molar-refractivity contribution in [3.63, 3.8) is 0 Å². The van der Waals surface area contributed by atoms with E-state index in [0.29, 0.717) is 10.9 Å². The van der Waals surface area contributed by atoms with Gasteiger partial charge in [-0.05, 0) is 51.0 Å². The molecule has 10 heteroatoms. The molecule has 1 aliphatic carbocycles. The molecule has 0 spiro atoms. The number of carbonyl (C=O) groups is 1. The van der Waals surface area contributed by atoms with Crippen LogP contribution >= 0.6 is 0 Å². The molecule has 3 N–H and O–H groups in total. The summed E-state index contributed by atoms with van der Waals surface area (Å²) in [6, 6.07) is 1.05. The van der Waals surface area contributed by atoms with Gasteiger partial charge in [-0.25, -0.2) is 13.4 Å². The number of nitrogens with one attached hydrogen (secondary N) is 2. The fraction of sp³-hybridized carbons (Fsp3) is 0.591. The third-order valence-corrected chi connectivity index (χ3v) is 8.11. The molecule has 1 aromatic carbocycles. The summed E-state index contributed by atoms with van der Waals surface area (Å²) in [6.45, 7) is 7.21. The van der Waals surface area contributed by atoms with Crippen LogP contribution in [0, 0.1) is 11.2 Å². The van der Waals surface area contributed by atoms with E-state index in [1.165, 1.54) is 30.1 Å². The monoisotopic (exact) mass is 467 g/mol. The van der Waals surface area contributed by atoms with Crippen LogP contribution in [0.2, 0.25) is 0 Å². The number of anilines is 1. The van der Waals surface area contributed by atoms with E-state index in [-0.39, 0.29) is 29.2 Å².